The molecule has 0 aliphatic heterocycles. The van der Waals surface area contributed by atoms with Gasteiger partial charge >= 0.3 is 0 Å². The van der Waals surface area contributed by atoms with Crippen molar-refractivity contribution in [3.8, 4) is 17.2 Å². The third kappa shape index (κ3) is 7.20. The highest BCUT2D eigenvalue weighted by Crippen LogP contribution is 2.30. The zero-order valence-corrected chi connectivity index (χ0v) is 18.0. The summed E-state index contributed by atoms with van der Waals surface area (Å²) < 4.78 is 16.0. The summed E-state index contributed by atoms with van der Waals surface area (Å²) in [5, 5.41) is 9.16. The molecule has 2 rings (SSSR count). The molecule has 0 atom stereocenters. The number of rotatable bonds is 10. The van der Waals surface area contributed by atoms with Crippen LogP contribution in [0.2, 0.25) is 0 Å². The molecule has 8 nitrogen and oxygen atoms in total. The summed E-state index contributed by atoms with van der Waals surface area (Å²) in [4.78, 5) is 16.5. The van der Waals surface area contributed by atoms with Gasteiger partial charge in [-0.2, -0.15) is 0 Å². The highest BCUT2D eigenvalue weighted by atomic mass is 16.5. The van der Waals surface area contributed by atoms with Gasteiger partial charge in [0, 0.05) is 24.8 Å². The summed E-state index contributed by atoms with van der Waals surface area (Å²) in [7, 11) is 3.21. The topological polar surface area (TPSA) is 93.2 Å². The zero-order valence-electron chi connectivity index (χ0n) is 18.0. The Morgan fingerprint density at radius 3 is 2.37 bits per heavy atom. The highest BCUT2D eigenvalue weighted by molar-refractivity contribution is 5.95. The second-order valence-corrected chi connectivity index (χ2v) is 6.24. The van der Waals surface area contributed by atoms with Crippen LogP contribution in [0.25, 0.3) is 0 Å². The highest BCUT2D eigenvalue weighted by Gasteiger charge is 2.08. The van der Waals surface area contributed by atoms with Gasteiger partial charge in [0.1, 0.15) is 12.3 Å². The fourth-order valence-corrected chi connectivity index (χ4v) is 2.61. The van der Waals surface area contributed by atoms with Gasteiger partial charge in [-0.1, -0.05) is 12.1 Å². The van der Waals surface area contributed by atoms with Crippen LogP contribution in [0, 0.1) is 0 Å². The zero-order chi connectivity index (χ0) is 21.8. The fraction of sp³-hybridized carbons (Fsp3) is 0.364. The number of hydrogen-bond acceptors (Lipinski definition) is 5. The van der Waals surface area contributed by atoms with Crippen molar-refractivity contribution in [2.24, 2.45) is 4.99 Å². The molecule has 3 N–H and O–H groups in total. The Hall–Kier alpha value is -3.42. The van der Waals surface area contributed by atoms with Gasteiger partial charge in [0.2, 0.25) is 5.91 Å². The summed E-state index contributed by atoms with van der Waals surface area (Å²) >= 11 is 0. The lowest BCUT2D eigenvalue weighted by Gasteiger charge is -2.14. The van der Waals surface area contributed by atoms with Crippen LogP contribution < -0.4 is 30.2 Å². The quantitative estimate of drug-likeness (QED) is 0.409. The minimum Gasteiger partial charge on any atom is -0.497 e. The Kier molecular flexibility index (Phi) is 9.30. The van der Waals surface area contributed by atoms with E-state index in [4.69, 9.17) is 14.2 Å². The standard InChI is InChI=1S/C22H30N4O4/c1-5-23-22(26-17-9-12-19(30-6-2)20(13-17)29-4)25-15-21(27)24-14-16-7-10-18(28-3)11-8-16/h7-13H,5-6,14-15H2,1-4H3,(H,24,27)(H2,23,25,26). The lowest BCUT2D eigenvalue weighted by atomic mass is 10.2. The molecular formula is C22H30N4O4. The molecule has 0 heterocycles. The van der Waals surface area contributed by atoms with E-state index in [1.807, 2.05) is 56.3 Å². The van der Waals surface area contributed by atoms with Crippen molar-refractivity contribution in [3.63, 3.8) is 0 Å². The van der Waals surface area contributed by atoms with Gasteiger partial charge in [0.05, 0.1) is 20.8 Å². The molecular weight excluding hydrogens is 384 g/mol. The molecule has 162 valence electrons. The molecule has 0 saturated carbocycles. The maximum atomic E-state index is 12.2. The van der Waals surface area contributed by atoms with Crippen molar-refractivity contribution in [3.05, 3.63) is 48.0 Å². The first-order valence-corrected chi connectivity index (χ1v) is 9.85. The SMILES string of the molecule is CCNC(=NCC(=O)NCc1ccc(OC)cc1)Nc1ccc(OCC)c(OC)c1. The number of nitrogens with one attached hydrogen (secondary N) is 3. The maximum absolute atomic E-state index is 12.2. The van der Waals surface area contributed by atoms with Gasteiger partial charge in [-0.25, -0.2) is 4.99 Å². The minimum atomic E-state index is -0.174. The molecule has 8 heteroatoms. The van der Waals surface area contributed by atoms with Gasteiger partial charge in [-0.05, 0) is 43.7 Å². The molecule has 0 aromatic heterocycles. The van der Waals surface area contributed by atoms with Crippen molar-refractivity contribution in [2.45, 2.75) is 20.4 Å². The van der Waals surface area contributed by atoms with Crippen LogP contribution in [0.4, 0.5) is 5.69 Å². The van der Waals surface area contributed by atoms with Gasteiger partial charge < -0.3 is 30.2 Å². The molecule has 2 aromatic rings. The van der Waals surface area contributed by atoms with E-state index in [2.05, 4.69) is 20.9 Å². The summed E-state index contributed by atoms with van der Waals surface area (Å²) in [5.74, 6) is 2.40. The predicted molar refractivity (Wildman–Crippen MR) is 119 cm³/mol. The maximum Gasteiger partial charge on any atom is 0.242 e. The predicted octanol–water partition coefficient (Wildman–Crippen LogP) is 2.80. The normalized spacial score (nSPS) is 10.9. The number of benzene rings is 2. The molecule has 0 unspecified atom stereocenters. The first-order chi connectivity index (χ1) is 14.6. The van der Waals surface area contributed by atoms with Crippen LogP contribution in [-0.2, 0) is 11.3 Å². The van der Waals surface area contributed by atoms with Crippen LogP contribution in [0.5, 0.6) is 17.2 Å². The number of aliphatic imine (C=N–C) groups is 1. The molecule has 2 aromatic carbocycles. The molecule has 0 spiro atoms. The molecule has 0 bridgehead atoms. The number of methoxy groups -OCH3 is 2. The van der Waals surface area contributed by atoms with Gasteiger partial charge in [0.25, 0.3) is 0 Å². The van der Waals surface area contributed by atoms with E-state index in [0.717, 1.165) is 17.0 Å². The monoisotopic (exact) mass is 414 g/mol. The molecule has 0 aliphatic carbocycles. The number of carbonyl (C=O) groups is 1. The van der Waals surface area contributed by atoms with Gasteiger partial charge in [0.15, 0.2) is 17.5 Å². The van der Waals surface area contributed by atoms with E-state index in [0.29, 0.717) is 37.2 Å². The summed E-state index contributed by atoms with van der Waals surface area (Å²) in [6.07, 6.45) is 0. The Balaban J connectivity index is 1.95. The molecule has 0 fully saturated rings. The van der Waals surface area contributed by atoms with Crippen LogP contribution in [0.1, 0.15) is 19.4 Å². The first kappa shape index (κ1) is 22.9. The van der Waals surface area contributed by atoms with Crippen molar-refractivity contribution in [1.29, 1.82) is 0 Å². The number of amides is 1. The fourth-order valence-electron chi connectivity index (χ4n) is 2.61. The number of ether oxygens (including phenoxy) is 3. The van der Waals surface area contributed by atoms with Crippen LogP contribution in [0.15, 0.2) is 47.5 Å². The smallest absolute Gasteiger partial charge is 0.242 e. The lowest BCUT2D eigenvalue weighted by Crippen LogP contribution is -2.33. The third-order valence-corrected chi connectivity index (χ3v) is 4.10. The molecule has 0 saturated heterocycles. The molecule has 0 radical (unpaired) electrons. The summed E-state index contributed by atoms with van der Waals surface area (Å²) in [6, 6.07) is 13.1. The third-order valence-electron chi connectivity index (χ3n) is 4.10. The van der Waals surface area contributed by atoms with Gasteiger partial charge in [-0.15, -0.1) is 0 Å². The van der Waals surface area contributed by atoms with E-state index in [1.54, 1.807) is 14.2 Å². The van der Waals surface area contributed by atoms with E-state index in [9.17, 15) is 4.79 Å². The number of anilines is 1. The van der Waals surface area contributed by atoms with Crippen molar-refractivity contribution < 1.29 is 19.0 Å². The minimum absolute atomic E-state index is 0.000345. The Morgan fingerprint density at radius 1 is 0.967 bits per heavy atom. The second-order valence-electron chi connectivity index (χ2n) is 6.24. The molecule has 30 heavy (non-hydrogen) atoms. The second kappa shape index (κ2) is 12.2. The van der Waals surface area contributed by atoms with E-state index in [-0.39, 0.29) is 12.5 Å². The largest absolute Gasteiger partial charge is 0.497 e. The van der Waals surface area contributed by atoms with Crippen molar-refractivity contribution in [2.75, 3.05) is 39.2 Å². The number of guanidine groups is 1. The Morgan fingerprint density at radius 2 is 1.73 bits per heavy atom. The van der Waals surface area contributed by atoms with Crippen LogP contribution in [-0.4, -0.2) is 45.8 Å². The lowest BCUT2D eigenvalue weighted by molar-refractivity contribution is -0.119. The van der Waals surface area contributed by atoms with E-state index < -0.39 is 0 Å². The van der Waals surface area contributed by atoms with E-state index >= 15 is 0 Å². The summed E-state index contributed by atoms with van der Waals surface area (Å²) in [6.45, 7) is 5.52. The average Bonchev–Trinajstić information content (AvgIpc) is 2.77. The van der Waals surface area contributed by atoms with Gasteiger partial charge in [-0.3, -0.25) is 4.79 Å². The Bertz CT molecular complexity index is 838. The van der Waals surface area contributed by atoms with Crippen LogP contribution in [0.3, 0.4) is 0 Å². The summed E-state index contributed by atoms with van der Waals surface area (Å²) in [5.41, 5.74) is 1.76. The number of hydrogen-bond donors (Lipinski definition) is 3. The van der Waals surface area contributed by atoms with E-state index in [1.165, 1.54) is 0 Å². The average molecular weight is 415 g/mol. The molecule has 1 amide bonds. The first-order valence-electron chi connectivity index (χ1n) is 9.85. The Labute approximate surface area is 177 Å². The van der Waals surface area contributed by atoms with Crippen LogP contribution >= 0.6 is 0 Å². The van der Waals surface area contributed by atoms with Crippen molar-refractivity contribution in [1.82, 2.24) is 10.6 Å². The number of carbonyl (C=O) groups excluding carboxylic acids is 1. The van der Waals surface area contributed by atoms with Crippen molar-refractivity contribution >= 4 is 17.6 Å². The number of nitrogens with zero attached hydrogens (tertiary/aromatic N) is 1. The molecule has 0 aliphatic rings.